The molecule has 1 aromatic carbocycles. The van der Waals surface area contributed by atoms with E-state index in [0.717, 1.165) is 18.0 Å². The molecule has 134 valence electrons. The number of amides is 3. The monoisotopic (exact) mass is 346 g/mol. The number of nitrogens with one attached hydrogen (secondary N) is 2. The Morgan fingerprint density at radius 3 is 2.32 bits per heavy atom. The molecule has 7 nitrogen and oxygen atoms in total. The quantitative estimate of drug-likeness (QED) is 0.753. The van der Waals surface area contributed by atoms with E-state index in [4.69, 9.17) is 4.74 Å². The second-order valence-electron chi connectivity index (χ2n) is 6.88. The molecule has 25 heavy (non-hydrogen) atoms. The molecule has 2 heterocycles. The van der Waals surface area contributed by atoms with Crippen LogP contribution in [0.2, 0.25) is 0 Å². The third-order valence-corrected chi connectivity index (χ3v) is 4.65. The maximum Gasteiger partial charge on any atom is 0.292 e. The van der Waals surface area contributed by atoms with Crippen LogP contribution in [0.25, 0.3) is 0 Å². The van der Waals surface area contributed by atoms with E-state index in [1.54, 1.807) is 24.3 Å². The summed E-state index contributed by atoms with van der Waals surface area (Å²) in [5, 5.41) is 2.67. The molecule has 2 N–H and O–H groups in total. The van der Waals surface area contributed by atoms with Crippen molar-refractivity contribution in [2.24, 2.45) is 0 Å². The number of carbonyl (C=O) groups excluding carboxylic acids is 3. The fraction of sp³-hybridized carbons (Fsp3) is 0.500. The van der Waals surface area contributed by atoms with Gasteiger partial charge < -0.3 is 15.0 Å². The lowest BCUT2D eigenvalue weighted by Gasteiger charge is -2.34. The molecule has 2 aliphatic rings. The lowest BCUT2D eigenvalue weighted by atomic mass is 10.1. The van der Waals surface area contributed by atoms with E-state index in [-0.39, 0.29) is 42.4 Å². The largest absolute Gasteiger partial charge is 0.364 e. The molecule has 0 spiro atoms. The van der Waals surface area contributed by atoms with E-state index >= 15 is 0 Å². The molecule has 2 fully saturated rings. The molecule has 0 radical (unpaired) electrons. The molecule has 0 bridgehead atoms. The minimum atomic E-state index is -0.351. The summed E-state index contributed by atoms with van der Waals surface area (Å²) in [5.41, 5.74) is 1.17. The van der Waals surface area contributed by atoms with E-state index in [2.05, 4.69) is 5.32 Å². The van der Waals surface area contributed by atoms with E-state index in [1.807, 2.05) is 13.8 Å². The van der Waals surface area contributed by atoms with E-state index in [1.165, 1.54) is 11.8 Å². The predicted octanol–water partition coefficient (Wildman–Crippen LogP) is -0.0310. The smallest absolute Gasteiger partial charge is 0.292 e. The molecule has 1 aromatic rings. The topological polar surface area (TPSA) is 80.2 Å². The standard InChI is InChI=1S/C18H23N3O4/c1-11-9-20(10-12(2)25-11)16-8-17(23)21(18(16)24)15-6-4-14(5-7-15)19-13(3)22/h4-7,11-12,16H,8-10H2,1-3H3,(H,19,22)/p+1/t11-,12+,16-/m1/s1. The van der Waals surface area contributed by atoms with Crippen LogP contribution in [0, 0.1) is 0 Å². The zero-order valence-electron chi connectivity index (χ0n) is 14.7. The van der Waals surface area contributed by atoms with Gasteiger partial charge in [-0.05, 0) is 38.1 Å². The maximum absolute atomic E-state index is 12.9. The van der Waals surface area contributed by atoms with Gasteiger partial charge in [-0.25, -0.2) is 4.90 Å². The summed E-state index contributed by atoms with van der Waals surface area (Å²) >= 11 is 0. The van der Waals surface area contributed by atoms with Gasteiger partial charge in [0.05, 0.1) is 12.1 Å². The van der Waals surface area contributed by atoms with Crippen LogP contribution in [0.4, 0.5) is 11.4 Å². The van der Waals surface area contributed by atoms with E-state index in [9.17, 15) is 14.4 Å². The van der Waals surface area contributed by atoms with Gasteiger partial charge in [0.2, 0.25) is 11.8 Å². The van der Waals surface area contributed by atoms with Gasteiger partial charge in [0.25, 0.3) is 5.91 Å². The van der Waals surface area contributed by atoms with Crippen LogP contribution < -0.4 is 15.1 Å². The Kier molecular flexibility index (Phi) is 4.87. The van der Waals surface area contributed by atoms with Crippen molar-refractivity contribution in [2.45, 2.75) is 45.4 Å². The SMILES string of the molecule is CC(=O)Nc1ccc(N2C(=O)C[C@@H]([NH+]3C[C@@H](C)O[C@@H](C)C3)C2=O)cc1. The average Bonchev–Trinajstić information content (AvgIpc) is 2.82. The molecule has 0 aliphatic carbocycles. The van der Waals surface area contributed by atoms with Gasteiger partial charge in [0, 0.05) is 12.6 Å². The highest BCUT2D eigenvalue weighted by molar-refractivity contribution is 6.21. The number of anilines is 2. The first kappa shape index (κ1) is 17.6. The normalized spacial score (nSPS) is 29.8. The molecule has 3 amide bonds. The number of hydrogen-bond acceptors (Lipinski definition) is 4. The van der Waals surface area contributed by atoms with Crippen molar-refractivity contribution < 1.29 is 24.0 Å². The molecule has 0 saturated carbocycles. The first-order valence-electron chi connectivity index (χ1n) is 8.59. The van der Waals surface area contributed by atoms with Crippen LogP contribution in [-0.4, -0.2) is 49.1 Å². The zero-order valence-corrected chi connectivity index (χ0v) is 14.7. The third kappa shape index (κ3) is 3.72. The van der Waals surface area contributed by atoms with Crippen molar-refractivity contribution >= 4 is 29.1 Å². The molecular formula is C18H24N3O4+. The summed E-state index contributed by atoms with van der Waals surface area (Å²) in [5.74, 6) is -0.504. The summed E-state index contributed by atoms with van der Waals surface area (Å²) in [6.45, 7) is 6.87. The fourth-order valence-electron chi connectivity index (χ4n) is 3.72. The third-order valence-electron chi connectivity index (χ3n) is 4.65. The van der Waals surface area contributed by atoms with Crippen molar-refractivity contribution in [3.8, 4) is 0 Å². The van der Waals surface area contributed by atoms with Crippen molar-refractivity contribution in [1.82, 2.24) is 0 Å². The van der Waals surface area contributed by atoms with Crippen LogP contribution >= 0.6 is 0 Å². The number of ether oxygens (including phenoxy) is 1. The summed E-state index contributed by atoms with van der Waals surface area (Å²) in [6.07, 6.45) is 0.376. The molecule has 2 saturated heterocycles. The summed E-state index contributed by atoms with van der Waals surface area (Å²) in [7, 11) is 0. The summed E-state index contributed by atoms with van der Waals surface area (Å²) in [6, 6.07) is 6.40. The van der Waals surface area contributed by atoms with Gasteiger partial charge in [-0.3, -0.25) is 14.4 Å². The molecule has 1 unspecified atom stereocenters. The van der Waals surface area contributed by atoms with Crippen LogP contribution in [-0.2, 0) is 19.1 Å². The number of hydrogen-bond donors (Lipinski definition) is 2. The Balaban J connectivity index is 1.76. The molecule has 4 atom stereocenters. The van der Waals surface area contributed by atoms with E-state index in [0.29, 0.717) is 11.4 Å². The maximum atomic E-state index is 12.9. The number of morpholine rings is 1. The summed E-state index contributed by atoms with van der Waals surface area (Å²) < 4.78 is 5.73. The van der Waals surface area contributed by atoms with Gasteiger partial charge in [-0.1, -0.05) is 0 Å². The number of imide groups is 1. The van der Waals surface area contributed by atoms with Gasteiger partial charge in [-0.15, -0.1) is 0 Å². The minimum Gasteiger partial charge on any atom is -0.364 e. The van der Waals surface area contributed by atoms with Crippen molar-refractivity contribution in [3.63, 3.8) is 0 Å². The van der Waals surface area contributed by atoms with E-state index < -0.39 is 0 Å². The minimum absolute atomic E-state index is 0.0765. The summed E-state index contributed by atoms with van der Waals surface area (Å²) in [4.78, 5) is 38.8. The van der Waals surface area contributed by atoms with Gasteiger partial charge in [0.1, 0.15) is 25.3 Å². The van der Waals surface area contributed by atoms with Crippen LogP contribution in [0.1, 0.15) is 27.2 Å². The molecular weight excluding hydrogens is 322 g/mol. The number of benzene rings is 1. The lowest BCUT2D eigenvalue weighted by molar-refractivity contribution is -0.929. The van der Waals surface area contributed by atoms with Gasteiger partial charge >= 0.3 is 0 Å². The Bertz CT molecular complexity index is 678. The molecule has 0 aromatic heterocycles. The second-order valence-corrected chi connectivity index (χ2v) is 6.88. The Morgan fingerprint density at radius 1 is 1.16 bits per heavy atom. The van der Waals surface area contributed by atoms with Gasteiger partial charge in [0.15, 0.2) is 6.04 Å². The Labute approximate surface area is 146 Å². The highest BCUT2D eigenvalue weighted by Crippen LogP contribution is 2.24. The lowest BCUT2D eigenvalue weighted by Crippen LogP contribution is -3.19. The second kappa shape index (κ2) is 6.93. The van der Waals surface area contributed by atoms with Crippen LogP contribution in [0.5, 0.6) is 0 Å². The number of rotatable bonds is 3. The van der Waals surface area contributed by atoms with Gasteiger partial charge in [-0.2, -0.15) is 0 Å². The van der Waals surface area contributed by atoms with Crippen molar-refractivity contribution in [3.05, 3.63) is 24.3 Å². The van der Waals surface area contributed by atoms with Crippen molar-refractivity contribution in [1.29, 1.82) is 0 Å². The highest BCUT2D eigenvalue weighted by Gasteiger charge is 2.47. The number of carbonyl (C=O) groups is 3. The highest BCUT2D eigenvalue weighted by atomic mass is 16.5. The average molecular weight is 346 g/mol. The molecule has 3 rings (SSSR count). The van der Waals surface area contributed by atoms with Crippen LogP contribution in [0.3, 0.4) is 0 Å². The first-order chi connectivity index (χ1) is 11.8. The van der Waals surface area contributed by atoms with Crippen LogP contribution in [0.15, 0.2) is 24.3 Å². The molecule has 2 aliphatic heterocycles. The predicted molar refractivity (Wildman–Crippen MR) is 92.3 cm³/mol. The molecule has 7 heteroatoms. The first-order valence-corrected chi connectivity index (χ1v) is 8.59. The Morgan fingerprint density at radius 2 is 1.76 bits per heavy atom. The van der Waals surface area contributed by atoms with Crippen molar-refractivity contribution in [2.75, 3.05) is 23.3 Å². The Hall–Kier alpha value is -2.25. The number of nitrogens with zero attached hydrogens (tertiary/aromatic N) is 1. The number of quaternary nitrogens is 1. The fourth-order valence-corrected chi connectivity index (χ4v) is 3.72. The zero-order chi connectivity index (χ0) is 18.1.